The lowest BCUT2D eigenvalue weighted by molar-refractivity contribution is -0.117. The smallest absolute Gasteiger partial charge is 0.166 e. The molecule has 34 heavy (non-hydrogen) atoms. The second kappa shape index (κ2) is 8.17. The molecule has 1 fully saturated rings. The Labute approximate surface area is 200 Å². The van der Waals surface area contributed by atoms with Crippen molar-refractivity contribution in [3.63, 3.8) is 0 Å². The van der Waals surface area contributed by atoms with Crippen molar-refractivity contribution < 1.29 is 14.3 Å². The van der Waals surface area contributed by atoms with Gasteiger partial charge in [-0.25, -0.2) is 0 Å². The summed E-state index contributed by atoms with van der Waals surface area (Å²) >= 11 is 0. The molecule has 3 aliphatic carbocycles. The number of benzene rings is 1. The van der Waals surface area contributed by atoms with Crippen LogP contribution in [-0.4, -0.2) is 43.7 Å². The maximum absolute atomic E-state index is 12.9. The zero-order chi connectivity index (χ0) is 23.4. The fraction of sp³-hybridized carbons (Fsp3) is 0.448. The first kappa shape index (κ1) is 21.8. The molecule has 5 heteroatoms. The zero-order valence-electron chi connectivity index (χ0n) is 20.1. The van der Waals surface area contributed by atoms with Crippen LogP contribution in [0.1, 0.15) is 37.7 Å². The van der Waals surface area contributed by atoms with Crippen molar-refractivity contribution in [3.05, 3.63) is 77.4 Å². The number of ketones is 1. The van der Waals surface area contributed by atoms with E-state index in [9.17, 15) is 4.79 Å². The van der Waals surface area contributed by atoms with Crippen LogP contribution >= 0.6 is 0 Å². The molecule has 1 saturated carbocycles. The summed E-state index contributed by atoms with van der Waals surface area (Å²) in [6.45, 7) is 3.19. The number of Topliss-reactive ketones (excluding diaryl/α,β-unsaturated/α-hetero) is 1. The van der Waals surface area contributed by atoms with Crippen LogP contribution in [0.4, 0.5) is 0 Å². The lowest BCUT2D eigenvalue weighted by Crippen LogP contribution is -2.41. The second-order valence-corrected chi connectivity index (χ2v) is 10.6. The first-order chi connectivity index (χ1) is 16.5. The molecule has 0 spiro atoms. The Morgan fingerprint density at radius 3 is 2.94 bits per heavy atom. The van der Waals surface area contributed by atoms with Crippen molar-refractivity contribution in [2.24, 2.45) is 17.3 Å². The van der Waals surface area contributed by atoms with Crippen LogP contribution in [0.5, 0.6) is 0 Å². The Morgan fingerprint density at radius 1 is 1.24 bits per heavy atom. The van der Waals surface area contributed by atoms with Gasteiger partial charge in [0.2, 0.25) is 0 Å². The minimum atomic E-state index is -0.107. The van der Waals surface area contributed by atoms with E-state index >= 15 is 0 Å². The van der Waals surface area contributed by atoms with E-state index in [1.54, 1.807) is 0 Å². The Balaban J connectivity index is 1.37. The molecule has 2 aromatic rings. The van der Waals surface area contributed by atoms with Gasteiger partial charge in [-0.3, -0.25) is 9.78 Å². The predicted molar refractivity (Wildman–Crippen MR) is 132 cm³/mol. The average molecular weight is 457 g/mol. The number of fused-ring (bicyclic) bond motifs is 4. The molecule has 6 atom stereocenters. The summed E-state index contributed by atoms with van der Waals surface area (Å²) in [6.07, 6.45) is 12.8. The van der Waals surface area contributed by atoms with Crippen molar-refractivity contribution in [1.82, 2.24) is 10.3 Å². The van der Waals surface area contributed by atoms with Gasteiger partial charge in [-0.1, -0.05) is 37.3 Å². The highest BCUT2D eigenvalue weighted by Gasteiger charge is 2.57. The van der Waals surface area contributed by atoms with Gasteiger partial charge in [-0.15, -0.1) is 0 Å². The molecule has 1 unspecified atom stereocenters. The van der Waals surface area contributed by atoms with E-state index in [1.807, 2.05) is 26.6 Å². The number of carbonyl (C=O) groups excluding carboxylic acids is 1. The van der Waals surface area contributed by atoms with Gasteiger partial charge >= 0.3 is 0 Å². The maximum atomic E-state index is 12.9. The molecular formula is C29H32N2O3. The van der Waals surface area contributed by atoms with Gasteiger partial charge in [0.05, 0.1) is 11.7 Å². The van der Waals surface area contributed by atoms with E-state index in [2.05, 4.69) is 59.7 Å². The number of ether oxygens (including phenoxy) is 2. The first-order valence-corrected chi connectivity index (χ1v) is 12.4. The summed E-state index contributed by atoms with van der Waals surface area (Å²) in [4.78, 5) is 17.1. The highest BCUT2D eigenvalue weighted by molar-refractivity contribution is 6.00. The van der Waals surface area contributed by atoms with Crippen LogP contribution in [0.25, 0.3) is 10.8 Å². The lowest BCUT2D eigenvalue weighted by atomic mass is 9.64. The Hall–Kier alpha value is -2.76. The monoisotopic (exact) mass is 456 g/mol. The largest absolute Gasteiger partial charge is 0.489 e. The van der Waals surface area contributed by atoms with Crippen LogP contribution in [0.3, 0.4) is 0 Å². The van der Waals surface area contributed by atoms with Crippen molar-refractivity contribution in [1.29, 1.82) is 0 Å². The van der Waals surface area contributed by atoms with Crippen LogP contribution in [0.2, 0.25) is 0 Å². The number of allylic oxidation sites excluding steroid dienone is 4. The number of nitrogens with one attached hydrogen (secondary N) is 1. The number of pyridine rings is 1. The minimum absolute atomic E-state index is 0.0396. The van der Waals surface area contributed by atoms with E-state index in [0.29, 0.717) is 12.3 Å². The molecule has 1 aliphatic heterocycles. The average Bonchev–Trinajstić information content (AvgIpc) is 3.16. The number of aromatic nitrogens is 1. The molecule has 1 aromatic carbocycles. The molecule has 5 nitrogen and oxygen atoms in total. The number of methoxy groups -OCH3 is 1. The molecule has 176 valence electrons. The second-order valence-electron chi connectivity index (χ2n) is 10.6. The van der Waals surface area contributed by atoms with E-state index in [-0.39, 0.29) is 35.2 Å². The van der Waals surface area contributed by atoms with Gasteiger partial charge in [-0.2, -0.15) is 0 Å². The van der Waals surface area contributed by atoms with Crippen molar-refractivity contribution in [3.8, 4) is 0 Å². The number of hydrogen-bond donors (Lipinski definition) is 1. The molecule has 2 heterocycles. The molecule has 0 bridgehead atoms. The number of nitrogens with zero attached hydrogens (tertiary/aromatic N) is 1. The summed E-state index contributed by atoms with van der Waals surface area (Å²) in [5.41, 5.74) is 3.10. The van der Waals surface area contributed by atoms with Crippen LogP contribution in [0, 0.1) is 17.3 Å². The molecule has 1 N–H and O–H groups in total. The van der Waals surface area contributed by atoms with Crippen molar-refractivity contribution >= 4 is 16.6 Å². The number of carbonyl (C=O) groups is 1. The Bertz CT molecular complexity index is 1240. The molecule has 0 amide bonds. The van der Waals surface area contributed by atoms with E-state index < -0.39 is 0 Å². The zero-order valence-corrected chi connectivity index (χ0v) is 20.1. The summed E-state index contributed by atoms with van der Waals surface area (Å²) in [7, 11) is 3.77. The third kappa shape index (κ3) is 3.29. The van der Waals surface area contributed by atoms with Crippen LogP contribution in [-0.2, 0) is 14.3 Å². The Morgan fingerprint density at radius 2 is 2.12 bits per heavy atom. The number of rotatable bonds is 4. The van der Waals surface area contributed by atoms with Gasteiger partial charge in [0.25, 0.3) is 0 Å². The van der Waals surface area contributed by atoms with E-state index in [0.717, 1.165) is 41.7 Å². The standard InChI is InChI=1S/C29H32N2O3/c1-29-8-6-20-13-22-24(32)10-17(15-30-2)11-25(22)34-28(20)23(29)14-26(33-3)27(29)19-4-5-21-16-31-9-7-18(21)12-19/h4-9,12-13,16-17,23,26-28,30H,10-11,14-15H2,1-3H3/t17?,23-,26+,27-,28+,29-/m0/s1. The van der Waals surface area contributed by atoms with Crippen molar-refractivity contribution in [2.45, 2.75) is 44.3 Å². The van der Waals surface area contributed by atoms with Gasteiger partial charge in [0.15, 0.2) is 5.78 Å². The van der Waals surface area contributed by atoms with Gasteiger partial charge in [0.1, 0.15) is 11.9 Å². The predicted octanol–water partition coefficient (Wildman–Crippen LogP) is 4.71. The number of hydrogen-bond acceptors (Lipinski definition) is 5. The molecular weight excluding hydrogens is 424 g/mol. The highest BCUT2D eigenvalue weighted by atomic mass is 16.5. The molecule has 0 saturated heterocycles. The van der Waals surface area contributed by atoms with E-state index in [4.69, 9.17) is 9.47 Å². The summed E-state index contributed by atoms with van der Waals surface area (Å²) < 4.78 is 12.8. The maximum Gasteiger partial charge on any atom is 0.166 e. The summed E-state index contributed by atoms with van der Waals surface area (Å²) in [5, 5.41) is 5.58. The molecule has 4 aliphatic rings. The van der Waals surface area contributed by atoms with Gasteiger partial charge < -0.3 is 14.8 Å². The third-order valence-electron chi connectivity index (χ3n) is 8.60. The summed E-state index contributed by atoms with van der Waals surface area (Å²) in [6, 6.07) is 8.78. The van der Waals surface area contributed by atoms with Crippen LogP contribution < -0.4 is 5.32 Å². The summed E-state index contributed by atoms with van der Waals surface area (Å²) in [5.74, 6) is 1.90. The van der Waals surface area contributed by atoms with Crippen LogP contribution in [0.15, 0.2) is 71.8 Å². The molecule has 0 radical (unpaired) electrons. The van der Waals surface area contributed by atoms with Crippen molar-refractivity contribution in [2.75, 3.05) is 20.7 Å². The molecule has 6 rings (SSSR count). The topological polar surface area (TPSA) is 60.5 Å². The SMILES string of the molecule is CNCC1CC(=O)C2=C(C1)O[C@@H]1C(=C2)C=C[C@@]2(C)[C@H]1C[C@@H](OC)[C@@H]2c1ccc2cnccc2c1. The minimum Gasteiger partial charge on any atom is -0.489 e. The van der Waals surface area contributed by atoms with Gasteiger partial charge in [-0.05, 0) is 54.6 Å². The quantitative estimate of drug-likeness (QED) is 0.722. The lowest BCUT2D eigenvalue weighted by Gasteiger charge is -2.44. The fourth-order valence-corrected chi connectivity index (χ4v) is 6.93. The highest BCUT2D eigenvalue weighted by Crippen LogP contribution is 2.60. The first-order valence-electron chi connectivity index (χ1n) is 12.4. The van der Waals surface area contributed by atoms with Gasteiger partial charge in [0, 0.05) is 55.0 Å². The molecule has 1 aromatic heterocycles. The third-order valence-corrected chi connectivity index (χ3v) is 8.60. The van der Waals surface area contributed by atoms with E-state index in [1.165, 1.54) is 10.9 Å². The fourth-order valence-electron chi connectivity index (χ4n) is 6.93. The normalized spacial score (nSPS) is 34.4. The Kier molecular flexibility index (Phi) is 5.23.